The van der Waals surface area contributed by atoms with Crippen LogP contribution < -0.4 is 14.8 Å². The van der Waals surface area contributed by atoms with E-state index in [4.69, 9.17) is 9.47 Å². The number of rotatable bonds is 8. The van der Waals surface area contributed by atoms with Crippen LogP contribution in [0.1, 0.15) is 18.1 Å². The molecule has 0 heterocycles. The van der Waals surface area contributed by atoms with Gasteiger partial charge in [0.05, 0.1) is 33.9 Å². The normalized spacial score (nSPS) is 11.8. The van der Waals surface area contributed by atoms with Gasteiger partial charge in [-0.05, 0) is 18.2 Å². The summed E-state index contributed by atoms with van der Waals surface area (Å²) in [6.07, 6.45) is -0.490. The molecule has 2 N–H and O–H groups in total. The Hall–Kier alpha value is -1.79. The van der Waals surface area contributed by atoms with E-state index in [1.165, 1.54) is 7.11 Å². The van der Waals surface area contributed by atoms with Crippen molar-refractivity contribution in [2.45, 2.75) is 12.5 Å². The lowest BCUT2D eigenvalue weighted by atomic mass is 10.1. The average Bonchev–Trinajstić information content (AvgIpc) is 2.50. The molecule has 0 saturated heterocycles. The summed E-state index contributed by atoms with van der Waals surface area (Å²) in [6, 6.07) is 5.23. The van der Waals surface area contributed by atoms with E-state index in [0.29, 0.717) is 30.2 Å². The minimum Gasteiger partial charge on any atom is -0.497 e. The molecule has 1 aromatic carbocycles. The number of aliphatic hydroxyl groups excluding tert-OH is 1. The van der Waals surface area contributed by atoms with Gasteiger partial charge in [-0.1, -0.05) is 0 Å². The predicted octanol–water partition coefficient (Wildman–Crippen LogP) is 0.890. The second kappa shape index (κ2) is 8.39. The van der Waals surface area contributed by atoms with Crippen molar-refractivity contribution in [2.24, 2.45) is 0 Å². The van der Waals surface area contributed by atoms with Crippen LogP contribution in [0.4, 0.5) is 0 Å². The molecule has 0 aliphatic carbocycles. The summed E-state index contributed by atoms with van der Waals surface area (Å²) in [5, 5.41) is 13.2. The Balaban J connectivity index is 2.57. The maximum absolute atomic E-state index is 10.9. The molecule has 0 radical (unpaired) electrons. The molecule has 112 valence electrons. The van der Waals surface area contributed by atoms with Crippen LogP contribution in [0.2, 0.25) is 0 Å². The topological polar surface area (TPSA) is 77.0 Å². The Kier molecular flexibility index (Phi) is 6.83. The lowest BCUT2D eigenvalue weighted by Crippen LogP contribution is -2.24. The molecule has 6 heteroatoms. The number of carbonyl (C=O) groups is 1. The molecule has 0 saturated carbocycles. The Bertz CT molecular complexity index is 436. The highest BCUT2D eigenvalue weighted by Crippen LogP contribution is 2.28. The van der Waals surface area contributed by atoms with Gasteiger partial charge in [0.2, 0.25) is 0 Å². The first kappa shape index (κ1) is 16.3. The third kappa shape index (κ3) is 4.71. The number of carbonyl (C=O) groups excluding carboxylic acids is 1. The fourth-order valence-corrected chi connectivity index (χ4v) is 1.74. The first-order valence-corrected chi connectivity index (χ1v) is 6.30. The van der Waals surface area contributed by atoms with E-state index in [1.54, 1.807) is 32.4 Å². The molecule has 6 nitrogen and oxygen atoms in total. The van der Waals surface area contributed by atoms with Gasteiger partial charge in [0.25, 0.3) is 0 Å². The van der Waals surface area contributed by atoms with Gasteiger partial charge in [-0.2, -0.15) is 0 Å². The fourth-order valence-electron chi connectivity index (χ4n) is 1.74. The largest absolute Gasteiger partial charge is 0.497 e. The van der Waals surface area contributed by atoms with Crippen LogP contribution in [0.3, 0.4) is 0 Å². The SMILES string of the molecule is COC(=O)CCNCC(O)c1cc(OC)ccc1OC. The highest BCUT2D eigenvalue weighted by molar-refractivity contribution is 5.69. The van der Waals surface area contributed by atoms with Crippen molar-refractivity contribution in [3.63, 3.8) is 0 Å². The molecular weight excluding hydrogens is 262 g/mol. The zero-order chi connectivity index (χ0) is 15.0. The molecule has 0 spiro atoms. The van der Waals surface area contributed by atoms with Crippen LogP contribution >= 0.6 is 0 Å². The molecule has 0 amide bonds. The highest BCUT2D eigenvalue weighted by Gasteiger charge is 2.14. The number of benzene rings is 1. The Labute approximate surface area is 118 Å². The van der Waals surface area contributed by atoms with E-state index in [0.717, 1.165) is 0 Å². The summed E-state index contributed by atoms with van der Waals surface area (Å²) < 4.78 is 14.9. The second-order valence-corrected chi connectivity index (χ2v) is 4.15. The van der Waals surface area contributed by atoms with Crippen molar-refractivity contribution >= 4 is 5.97 Å². The number of hydrogen-bond acceptors (Lipinski definition) is 6. The molecule has 1 atom stereocenters. The van der Waals surface area contributed by atoms with Gasteiger partial charge in [-0.15, -0.1) is 0 Å². The number of aliphatic hydroxyl groups is 1. The van der Waals surface area contributed by atoms with E-state index in [2.05, 4.69) is 10.1 Å². The average molecular weight is 283 g/mol. The Morgan fingerprint density at radius 1 is 1.30 bits per heavy atom. The lowest BCUT2D eigenvalue weighted by Gasteiger charge is -2.16. The van der Waals surface area contributed by atoms with Crippen molar-refractivity contribution < 1.29 is 24.1 Å². The summed E-state index contributed by atoms with van der Waals surface area (Å²) in [5.41, 5.74) is 0.636. The first-order valence-electron chi connectivity index (χ1n) is 6.30. The molecule has 1 aromatic rings. The predicted molar refractivity (Wildman–Crippen MR) is 74.0 cm³/mol. The van der Waals surface area contributed by atoms with Crippen molar-refractivity contribution in [3.05, 3.63) is 23.8 Å². The Morgan fingerprint density at radius 2 is 2.05 bits per heavy atom. The van der Waals surface area contributed by atoms with Crippen LogP contribution in [0, 0.1) is 0 Å². The van der Waals surface area contributed by atoms with Crippen LogP contribution in [0.5, 0.6) is 11.5 Å². The first-order chi connectivity index (χ1) is 9.62. The van der Waals surface area contributed by atoms with Crippen LogP contribution in [-0.2, 0) is 9.53 Å². The maximum Gasteiger partial charge on any atom is 0.306 e. The minimum atomic E-state index is -0.752. The number of hydrogen-bond donors (Lipinski definition) is 2. The van der Waals surface area contributed by atoms with Crippen molar-refractivity contribution in [1.82, 2.24) is 5.32 Å². The molecule has 1 unspecified atom stereocenters. The number of esters is 1. The molecule has 1 rings (SSSR count). The van der Waals surface area contributed by atoms with E-state index < -0.39 is 6.10 Å². The van der Waals surface area contributed by atoms with Crippen molar-refractivity contribution in [2.75, 3.05) is 34.4 Å². The van der Waals surface area contributed by atoms with E-state index >= 15 is 0 Å². The van der Waals surface area contributed by atoms with E-state index in [1.807, 2.05) is 0 Å². The zero-order valence-corrected chi connectivity index (χ0v) is 12.0. The summed E-state index contributed by atoms with van der Waals surface area (Å²) >= 11 is 0. The van der Waals surface area contributed by atoms with E-state index in [-0.39, 0.29) is 12.4 Å². The van der Waals surface area contributed by atoms with Crippen molar-refractivity contribution in [3.8, 4) is 11.5 Å². The summed E-state index contributed by atoms with van der Waals surface area (Å²) in [7, 11) is 4.45. The van der Waals surface area contributed by atoms with Gasteiger partial charge in [0.15, 0.2) is 0 Å². The van der Waals surface area contributed by atoms with Crippen LogP contribution in [-0.4, -0.2) is 45.5 Å². The van der Waals surface area contributed by atoms with Crippen LogP contribution in [0.15, 0.2) is 18.2 Å². The smallest absolute Gasteiger partial charge is 0.306 e. The second-order valence-electron chi connectivity index (χ2n) is 4.15. The monoisotopic (exact) mass is 283 g/mol. The maximum atomic E-state index is 10.9. The Morgan fingerprint density at radius 3 is 2.65 bits per heavy atom. The molecule has 0 aliphatic rings. The quantitative estimate of drug-likeness (QED) is 0.545. The minimum absolute atomic E-state index is 0.262. The highest BCUT2D eigenvalue weighted by atomic mass is 16.5. The summed E-state index contributed by atoms with van der Waals surface area (Å²) in [5.74, 6) is 0.952. The summed E-state index contributed by atoms with van der Waals surface area (Å²) in [6.45, 7) is 0.747. The molecule has 0 aliphatic heterocycles. The van der Waals surface area contributed by atoms with Gasteiger partial charge in [-0.25, -0.2) is 0 Å². The molecule has 20 heavy (non-hydrogen) atoms. The van der Waals surface area contributed by atoms with Gasteiger partial charge in [0.1, 0.15) is 11.5 Å². The molecule has 0 bridgehead atoms. The lowest BCUT2D eigenvalue weighted by molar-refractivity contribution is -0.140. The van der Waals surface area contributed by atoms with Crippen molar-refractivity contribution in [1.29, 1.82) is 0 Å². The summed E-state index contributed by atoms with van der Waals surface area (Å²) in [4.78, 5) is 10.9. The van der Waals surface area contributed by atoms with E-state index in [9.17, 15) is 9.90 Å². The molecule has 0 fully saturated rings. The fraction of sp³-hybridized carbons (Fsp3) is 0.500. The van der Waals surface area contributed by atoms with Gasteiger partial charge < -0.3 is 24.6 Å². The van der Waals surface area contributed by atoms with Crippen LogP contribution in [0.25, 0.3) is 0 Å². The van der Waals surface area contributed by atoms with Gasteiger partial charge in [0, 0.05) is 18.7 Å². The number of nitrogens with one attached hydrogen (secondary N) is 1. The third-order valence-electron chi connectivity index (χ3n) is 2.87. The molecular formula is C14H21NO5. The molecule has 0 aromatic heterocycles. The number of methoxy groups -OCH3 is 3. The third-order valence-corrected chi connectivity index (χ3v) is 2.87. The zero-order valence-electron chi connectivity index (χ0n) is 12.0. The van der Waals surface area contributed by atoms with Gasteiger partial charge >= 0.3 is 5.97 Å². The standard InChI is InChI=1S/C14H21NO5/c1-18-10-4-5-13(19-2)11(8-10)12(16)9-15-7-6-14(17)20-3/h4-5,8,12,15-16H,6-7,9H2,1-3H3. The number of ether oxygens (including phenoxy) is 3. The van der Waals surface area contributed by atoms with Gasteiger partial charge in [-0.3, -0.25) is 4.79 Å².